The van der Waals surface area contributed by atoms with E-state index in [1.807, 2.05) is 91.0 Å². The van der Waals surface area contributed by atoms with Crippen LogP contribution in [0.5, 0.6) is 0 Å². The van der Waals surface area contributed by atoms with Crippen molar-refractivity contribution < 1.29 is 26.9 Å². The molecule has 0 spiro atoms. The lowest BCUT2D eigenvalue weighted by atomic mass is 9.80. The van der Waals surface area contributed by atoms with Gasteiger partial charge in [0.1, 0.15) is 5.60 Å². The van der Waals surface area contributed by atoms with Gasteiger partial charge < -0.3 is 9.47 Å². The molecular weight excluding hydrogens is 476 g/mol. The molecule has 0 amide bonds. The third-order valence-electron chi connectivity index (χ3n) is 6.61. The summed E-state index contributed by atoms with van der Waals surface area (Å²) in [5.41, 5.74) is 1.93. The molecule has 0 heterocycles. The molecule has 0 aromatic heterocycles. The highest BCUT2D eigenvalue weighted by Crippen LogP contribution is 2.43. The van der Waals surface area contributed by atoms with E-state index < -0.39 is 27.7 Å². The topological polar surface area (TPSA) is 78.9 Å². The number of ether oxygens (including phenoxy) is 2. The Morgan fingerprint density at radius 3 is 1.72 bits per heavy atom. The van der Waals surface area contributed by atoms with Crippen molar-refractivity contribution in [1.29, 1.82) is 0 Å². The molecular formula is C29H32O6S. The molecule has 1 saturated carbocycles. The Balaban J connectivity index is 1.74. The van der Waals surface area contributed by atoms with Crippen LogP contribution in [0.2, 0.25) is 0 Å². The summed E-state index contributed by atoms with van der Waals surface area (Å²) in [6, 6.07) is 30.0. The number of carbonyl (C=O) groups excluding carboxylic acids is 1. The molecule has 3 aromatic carbocycles. The first-order valence-electron chi connectivity index (χ1n) is 12.2. The lowest BCUT2D eigenvalue weighted by Gasteiger charge is -2.37. The van der Waals surface area contributed by atoms with Crippen molar-refractivity contribution in [2.24, 2.45) is 11.8 Å². The van der Waals surface area contributed by atoms with Crippen molar-refractivity contribution >= 4 is 16.1 Å². The van der Waals surface area contributed by atoms with E-state index in [1.165, 1.54) is 0 Å². The monoisotopic (exact) mass is 508 g/mol. The molecule has 0 N–H and O–H groups in total. The zero-order valence-electron chi connectivity index (χ0n) is 20.6. The van der Waals surface area contributed by atoms with Crippen LogP contribution in [0.1, 0.15) is 36.5 Å². The minimum Gasteiger partial charge on any atom is -0.466 e. The molecule has 3 atom stereocenters. The molecule has 0 radical (unpaired) electrons. The maximum absolute atomic E-state index is 12.8. The van der Waals surface area contributed by atoms with Crippen LogP contribution >= 0.6 is 0 Å². The van der Waals surface area contributed by atoms with E-state index in [1.54, 1.807) is 6.92 Å². The summed E-state index contributed by atoms with van der Waals surface area (Å²) in [7, 11) is -3.66. The average molecular weight is 509 g/mol. The summed E-state index contributed by atoms with van der Waals surface area (Å²) >= 11 is 0. The molecule has 0 aliphatic heterocycles. The Labute approximate surface area is 213 Å². The van der Waals surface area contributed by atoms with Crippen molar-refractivity contribution in [3.63, 3.8) is 0 Å². The zero-order valence-corrected chi connectivity index (χ0v) is 21.4. The minimum atomic E-state index is -3.66. The number of esters is 1. The molecule has 7 heteroatoms. The van der Waals surface area contributed by atoms with E-state index in [-0.39, 0.29) is 31.5 Å². The Kier molecular flexibility index (Phi) is 8.24. The van der Waals surface area contributed by atoms with Gasteiger partial charge in [-0.2, -0.15) is 8.42 Å². The zero-order chi connectivity index (χ0) is 25.6. The van der Waals surface area contributed by atoms with E-state index in [2.05, 4.69) is 0 Å². The second-order valence-corrected chi connectivity index (χ2v) is 10.7. The van der Waals surface area contributed by atoms with Crippen LogP contribution in [-0.4, -0.2) is 40.0 Å². The predicted molar refractivity (Wildman–Crippen MR) is 138 cm³/mol. The van der Waals surface area contributed by atoms with Crippen LogP contribution in [0.25, 0.3) is 0 Å². The van der Waals surface area contributed by atoms with Gasteiger partial charge in [0.25, 0.3) is 10.1 Å². The Morgan fingerprint density at radius 1 is 0.833 bits per heavy atom. The van der Waals surface area contributed by atoms with E-state index in [0.29, 0.717) is 6.42 Å². The van der Waals surface area contributed by atoms with Gasteiger partial charge in [-0.05, 0) is 42.4 Å². The third kappa shape index (κ3) is 5.86. The van der Waals surface area contributed by atoms with Crippen LogP contribution < -0.4 is 0 Å². The van der Waals surface area contributed by atoms with Crippen LogP contribution in [0, 0.1) is 11.8 Å². The van der Waals surface area contributed by atoms with Gasteiger partial charge in [0.2, 0.25) is 0 Å². The van der Waals surface area contributed by atoms with Gasteiger partial charge >= 0.3 is 5.97 Å². The smallest absolute Gasteiger partial charge is 0.309 e. The van der Waals surface area contributed by atoms with E-state index in [9.17, 15) is 13.2 Å². The molecule has 3 aromatic rings. The van der Waals surface area contributed by atoms with Gasteiger partial charge in [-0.1, -0.05) is 91.0 Å². The summed E-state index contributed by atoms with van der Waals surface area (Å²) in [6.07, 6.45) is 1.09. The Bertz CT molecular complexity index is 1130. The molecule has 1 fully saturated rings. The molecule has 190 valence electrons. The first-order chi connectivity index (χ1) is 17.3. The highest BCUT2D eigenvalue weighted by Gasteiger charge is 2.44. The summed E-state index contributed by atoms with van der Waals surface area (Å²) in [5.74, 6) is -1.14. The normalized spacial score (nSPS) is 20.2. The summed E-state index contributed by atoms with van der Waals surface area (Å²) in [4.78, 5) is 12.8. The fourth-order valence-corrected chi connectivity index (χ4v) is 5.77. The standard InChI is InChI=1S/C29H32O6S/c1-3-33-28(30)27-20-26(35-36(2,31)32)19-22(27)21-34-29(23-13-7-4-8-14-23,24-15-9-5-10-16-24)25-17-11-6-12-18-25/h4-18,22,26-27H,3,19-21H2,1-2H3. The van der Waals surface area contributed by atoms with Crippen molar-refractivity contribution in [2.75, 3.05) is 19.5 Å². The number of carbonyl (C=O) groups is 1. The molecule has 3 unspecified atom stereocenters. The van der Waals surface area contributed by atoms with E-state index >= 15 is 0 Å². The van der Waals surface area contributed by atoms with Crippen LogP contribution in [0.15, 0.2) is 91.0 Å². The van der Waals surface area contributed by atoms with Crippen LogP contribution in [0.4, 0.5) is 0 Å². The maximum Gasteiger partial charge on any atom is 0.309 e. The van der Waals surface area contributed by atoms with Gasteiger partial charge in [0, 0.05) is 0 Å². The van der Waals surface area contributed by atoms with Crippen molar-refractivity contribution in [3.05, 3.63) is 108 Å². The predicted octanol–water partition coefficient (Wildman–Crippen LogP) is 4.93. The van der Waals surface area contributed by atoms with Gasteiger partial charge in [0.05, 0.1) is 31.5 Å². The van der Waals surface area contributed by atoms with Crippen LogP contribution in [-0.2, 0) is 34.2 Å². The fourth-order valence-electron chi connectivity index (χ4n) is 5.12. The highest BCUT2D eigenvalue weighted by atomic mass is 32.2. The number of rotatable bonds is 10. The fraction of sp³-hybridized carbons (Fsp3) is 0.345. The minimum absolute atomic E-state index is 0.214. The Morgan fingerprint density at radius 2 is 1.31 bits per heavy atom. The molecule has 6 nitrogen and oxygen atoms in total. The second kappa shape index (κ2) is 11.4. The highest BCUT2D eigenvalue weighted by molar-refractivity contribution is 7.86. The van der Waals surface area contributed by atoms with Gasteiger partial charge in [-0.15, -0.1) is 0 Å². The molecule has 1 aliphatic rings. The quantitative estimate of drug-likeness (QED) is 0.220. The molecule has 36 heavy (non-hydrogen) atoms. The molecule has 0 saturated heterocycles. The first-order valence-corrected chi connectivity index (χ1v) is 14.0. The average Bonchev–Trinajstić information content (AvgIpc) is 3.27. The van der Waals surface area contributed by atoms with Crippen LogP contribution in [0.3, 0.4) is 0 Å². The second-order valence-electron chi connectivity index (χ2n) is 9.10. The number of hydrogen-bond acceptors (Lipinski definition) is 6. The molecule has 1 aliphatic carbocycles. The molecule has 4 rings (SSSR count). The summed E-state index contributed by atoms with van der Waals surface area (Å²) in [6.45, 7) is 2.22. The lowest BCUT2D eigenvalue weighted by Crippen LogP contribution is -2.36. The van der Waals surface area contributed by atoms with Gasteiger partial charge in [-0.25, -0.2) is 0 Å². The maximum atomic E-state index is 12.8. The summed E-state index contributed by atoms with van der Waals surface area (Å²) < 4.78 is 41.1. The summed E-state index contributed by atoms with van der Waals surface area (Å²) in [5, 5.41) is 0. The number of hydrogen-bond donors (Lipinski definition) is 0. The van der Waals surface area contributed by atoms with Gasteiger partial charge in [-0.3, -0.25) is 8.98 Å². The van der Waals surface area contributed by atoms with Gasteiger partial charge in [0.15, 0.2) is 0 Å². The van der Waals surface area contributed by atoms with Crippen molar-refractivity contribution in [2.45, 2.75) is 31.5 Å². The number of benzene rings is 3. The largest absolute Gasteiger partial charge is 0.466 e. The lowest BCUT2D eigenvalue weighted by molar-refractivity contribution is -0.150. The third-order valence-corrected chi connectivity index (χ3v) is 7.23. The molecule has 0 bridgehead atoms. The van der Waals surface area contributed by atoms with Crippen molar-refractivity contribution in [1.82, 2.24) is 0 Å². The first kappa shape index (κ1) is 26.1. The van der Waals surface area contributed by atoms with Crippen molar-refractivity contribution in [3.8, 4) is 0 Å². The Hall–Kier alpha value is -3.00. The SMILES string of the molecule is CCOC(=O)C1CC(OS(C)(=O)=O)CC1COC(c1ccccc1)(c1ccccc1)c1ccccc1. The van der Waals surface area contributed by atoms with E-state index in [4.69, 9.17) is 13.7 Å². The van der Waals surface area contributed by atoms with E-state index in [0.717, 1.165) is 22.9 Å².